The van der Waals surface area contributed by atoms with Gasteiger partial charge >= 0.3 is 0 Å². The van der Waals surface area contributed by atoms with E-state index in [1.165, 1.54) is 0 Å². The van der Waals surface area contributed by atoms with Crippen molar-refractivity contribution in [2.75, 3.05) is 0 Å². The summed E-state index contributed by atoms with van der Waals surface area (Å²) in [5, 5.41) is 0. The molecule has 0 amide bonds. The fourth-order valence-corrected chi connectivity index (χ4v) is 1.47. The lowest BCUT2D eigenvalue weighted by Crippen LogP contribution is -2.00. The van der Waals surface area contributed by atoms with Crippen LogP contribution in [0.1, 0.15) is 43.0 Å². The van der Waals surface area contributed by atoms with E-state index in [1.54, 1.807) is 0 Å². The molecule has 0 N–H and O–H groups in total. The summed E-state index contributed by atoms with van der Waals surface area (Å²) in [5.74, 6) is 0.178. The predicted octanol–water partition coefficient (Wildman–Crippen LogP) is 4.01. The minimum atomic E-state index is 0.178. The molecule has 0 aliphatic heterocycles. The number of allylic oxidation sites excluding steroid dienone is 1. The molecule has 80 valence electrons. The Balaban J connectivity index is 2.46. The van der Waals surface area contributed by atoms with Gasteiger partial charge < -0.3 is 0 Å². The average Bonchev–Trinajstić information content (AvgIpc) is 2.27. The van der Waals surface area contributed by atoms with Gasteiger partial charge in [0, 0.05) is 12.0 Å². The molecule has 0 aliphatic rings. The van der Waals surface area contributed by atoms with E-state index in [2.05, 4.69) is 13.5 Å². The zero-order valence-corrected chi connectivity index (χ0v) is 9.33. The van der Waals surface area contributed by atoms with Crippen LogP contribution in [0, 0.1) is 0 Å². The van der Waals surface area contributed by atoms with E-state index in [0.717, 1.165) is 30.4 Å². The van der Waals surface area contributed by atoms with Crippen LogP contribution < -0.4 is 0 Å². The van der Waals surface area contributed by atoms with Crippen LogP contribution in [0.3, 0.4) is 0 Å². The van der Waals surface area contributed by atoms with Crippen molar-refractivity contribution in [3.63, 3.8) is 0 Å². The number of hydrogen-bond acceptors (Lipinski definition) is 1. The average molecular weight is 202 g/mol. The number of unbranched alkanes of at least 4 members (excludes halogenated alkanes) is 1. The second-order valence-electron chi connectivity index (χ2n) is 3.82. The third-order valence-corrected chi connectivity index (χ3v) is 2.39. The van der Waals surface area contributed by atoms with Crippen LogP contribution in [0.2, 0.25) is 0 Å². The molecular formula is C14H18O. The Kier molecular flexibility index (Phi) is 4.82. The molecule has 1 aromatic rings. The van der Waals surface area contributed by atoms with Crippen molar-refractivity contribution in [2.24, 2.45) is 0 Å². The minimum absolute atomic E-state index is 0.178. The molecule has 0 unspecified atom stereocenters. The highest BCUT2D eigenvalue weighted by molar-refractivity contribution is 5.97. The topological polar surface area (TPSA) is 17.1 Å². The number of hydrogen-bond donors (Lipinski definition) is 0. The molecule has 1 rings (SSSR count). The Morgan fingerprint density at radius 1 is 1.27 bits per heavy atom. The standard InChI is InChI=1S/C14H18O/c1-3-4-8-12(2)11-14(15)13-9-6-5-7-10-13/h5-7,9-10H,2-4,8,11H2,1H3. The molecule has 1 aromatic carbocycles. The Hall–Kier alpha value is -1.37. The summed E-state index contributed by atoms with van der Waals surface area (Å²) < 4.78 is 0. The SMILES string of the molecule is C=C(CCCC)CC(=O)c1ccccc1. The van der Waals surface area contributed by atoms with Crippen molar-refractivity contribution in [1.29, 1.82) is 0 Å². The molecule has 0 bridgehead atoms. The van der Waals surface area contributed by atoms with Gasteiger partial charge in [0.2, 0.25) is 0 Å². The summed E-state index contributed by atoms with van der Waals surface area (Å²) in [6.07, 6.45) is 3.73. The monoisotopic (exact) mass is 202 g/mol. The number of Topliss-reactive ketones (excluding diaryl/α,β-unsaturated/α-hetero) is 1. The summed E-state index contributed by atoms with van der Waals surface area (Å²) >= 11 is 0. The van der Waals surface area contributed by atoms with E-state index in [-0.39, 0.29) is 5.78 Å². The lowest BCUT2D eigenvalue weighted by molar-refractivity contribution is 0.0992. The molecule has 15 heavy (non-hydrogen) atoms. The Labute approximate surface area is 91.8 Å². The van der Waals surface area contributed by atoms with E-state index < -0.39 is 0 Å². The highest BCUT2D eigenvalue weighted by atomic mass is 16.1. The predicted molar refractivity (Wildman–Crippen MR) is 64.1 cm³/mol. The summed E-state index contributed by atoms with van der Waals surface area (Å²) in [5.41, 5.74) is 1.83. The zero-order valence-electron chi connectivity index (χ0n) is 9.33. The summed E-state index contributed by atoms with van der Waals surface area (Å²) in [4.78, 5) is 11.8. The van der Waals surface area contributed by atoms with Gasteiger partial charge in [0.15, 0.2) is 5.78 Å². The molecule has 0 aromatic heterocycles. The molecular weight excluding hydrogens is 184 g/mol. The van der Waals surface area contributed by atoms with Crippen LogP contribution in [-0.2, 0) is 0 Å². The Bertz CT molecular complexity index is 324. The first-order valence-electron chi connectivity index (χ1n) is 5.49. The maximum Gasteiger partial charge on any atom is 0.166 e. The molecule has 0 atom stereocenters. The van der Waals surface area contributed by atoms with Gasteiger partial charge in [0.1, 0.15) is 0 Å². The Morgan fingerprint density at radius 2 is 1.93 bits per heavy atom. The highest BCUT2D eigenvalue weighted by Gasteiger charge is 2.06. The molecule has 1 heteroatoms. The first-order valence-corrected chi connectivity index (χ1v) is 5.49. The van der Waals surface area contributed by atoms with Gasteiger partial charge in [-0.2, -0.15) is 0 Å². The summed E-state index contributed by atoms with van der Waals surface area (Å²) in [6.45, 7) is 6.08. The van der Waals surface area contributed by atoms with E-state index in [0.29, 0.717) is 6.42 Å². The number of benzene rings is 1. The van der Waals surface area contributed by atoms with Gasteiger partial charge in [0.25, 0.3) is 0 Å². The molecule has 0 saturated heterocycles. The molecule has 0 heterocycles. The van der Waals surface area contributed by atoms with Crippen LogP contribution in [0.15, 0.2) is 42.5 Å². The first kappa shape index (κ1) is 11.7. The van der Waals surface area contributed by atoms with Crippen LogP contribution >= 0.6 is 0 Å². The van der Waals surface area contributed by atoms with Crippen LogP contribution in [-0.4, -0.2) is 5.78 Å². The Morgan fingerprint density at radius 3 is 2.53 bits per heavy atom. The second-order valence-corrected chi connectivity index (χ2v) is 3.82. The number of rotatable bonds is 6. The largest absolute Gasteiger partial charge is 0.294 e. The van der Waals surface area contributed by atoms with E-state index in [9.17, 15) is 4.79 Å². The van der Waals surface area contributed by atoms with Crippen molar-refractivity contribution < 1.29 is 4.79 Å². The molecule has 1 nitrogen and oxygen atoms in total. The van der Waals surface area contributed by atoms with Crippen molar-refractivity contribution in [1.82, 2.24) is 0 Å². The summed E-state index contributed by atoms with van der Waals surface area (Å²) in [7, 11) is 0. The van der Waals surface area contributed by atoms with Crippen molar-refractivity contribution in [2.45, 2.75) is 32.6 Å². The third-order valence-electron chi connectivity index (χ3n) is 2.39. The van der Waals surface area contributed by atoms with Crippen molar-refractivity contribution >= 4 is 5.78 Å². The normalized spacial score (nSPS) is 9.93. The molecule has 0 radical (unpaired) electrons. The minimum Gasteiger partial charge on any atom is -0.294 e. The highest BCUT2D eigenvalue weighted by Crippen LogP contribution is 2.13. The van der Waals surface area contributed by atoms with E-state index >= 15 is 0 Å². The molecule has 0 fully saturated rings. The first-order chi connectivity index (χ1) is 7.24. The molecule has 0 spiro atoms. The van der Waals surface area contributed by atoms with Crippen molar-refractivity contribution in [3.05, 3.63) is 48.0 Å². The van der Waals surface area contributed by atoms with Gasteiger partial charge in [-0.25, -0.2) is 0 Å². The lowest BCUT2D eigenvalue weighted by Gasteiger charge is -2.03. The molecule has 0 aliphatic carbocycles. The third kappa shape index (κ3) is 4.11. The van der Waals surface area contributed by atoms with E-state index in [4.69, 9.17) is 0 Å². The van der Waals surface area contributed by atoms with Gasteiger partial charge in [-0.3, -0.25) is 4.79 Å². The van der Waals surface area contributed by atoms with Gasteiger partial charge in [-0.15, -0.1) is 0 Å². The second kappa shape index (κ2) is 6.18. The van der Waals surface area contributed by atoms with Gasteiger partial charge in [-0.05, 0) is 12.8 Å². The van der Waals surface area contributed by atoms with E-state index in [1.807, 2.05) is 30.3 Å². The zero-order chi connectivity index (χ0) is 11.1. The number of ketones is 1. The van der Waals surface area contributed by atoms with Crippen molar-refractivity contribution in [3.8, 4) is 0 Å². The number of carbonyl (C=O) groups is 1. The number of carbonyl (C=O) groups excluding carboxylic acids is 1. The summed E-state index contributed by atoms with van der Waals surface area (Å²) in [6, 6.07) is 9.41. The van der Waals surface area contributed by atoms with Crippen LogP contribution in [0.5, 0.6) is 0 Å². The lowest BCUT2D eigenvalue weighted by atomic mass is 10.0. The van der Waals surface area contributed by atoms with Crippen LogP contribution in [0.25, 0.3) is 0 Å². The van der Waals surface area contributed by atoms with Gasteiger partial charge in [-0.1, -0.05) is 55.8 Å². The maximum atomic E-state index is 11.8. The molecule has 0 saturated carbocycles. The fraction of sp³-hybridized carbons (Fsp3) is 0.357. The quantitative estimate of drug-likeness (QED) is 0.503. The maximum absolute atomic E-state index is 11.8. The van der Waals surface area contributed by atoms with Gasteiger partial charge in [0.05, 0.1) is 0 Å². The smallest absolute Gasteiger partial charge is 0.166 e. The fourth-order valence-electron chi connectivity index (χ4n) is 1.47. The van der Waals surface area contributed by atoms with Crippen LogP contribution in [0.4, 0.5) is 0 Å².